The Balaban J connectivity index is 2.13. The maximum Gasteiger partial charge on any atom is 0.306 e. The standard InChI is InChI=1S/C14H15NO3/c15-13(16)11-5-1-9(2-6-11)10-3-7-12(8-4-10)14(17)18/h1-3,5-6,12H,4,7-8H2,(H2,15,16)(H,17,18). The van der Waals surface area contributed by atoms with Crippen LogP contribution in [0.1, 0.15) is 35.2 Å². The van der Waals surface area contributed by atoms with E-state index >= 15 is 0 Å². The number of carboxylic acid groups (broad SMARTS) is 1. The molecule has 2 rings (SSSR count). The number of rotatable bonds is 3. The minimum absolute atomic E-state index is 0.265. The molecule has 4 nitrogen and oxygen atoms in total. The molecular weight excluding hydrogens is 230 g/mol. The van der Waals surface area contributed by atoms with Crippen LogP contribution in [0.2, 0.25) is 0 Å². The molecule has 0 spiro atoms. The molecule has 4 heteroatoms. The Bertz CT molecular complexity index is 502. The third kappa shape index (κ3) is 2.59. The van der Waals surface area contributed by atoms with Crippen LogP contribution in [0.4, 0.5) is 0 Å². The van der Waals surface area contributed by atoms with Crippen LogP contribution in [0.25, 0.3) is 5.57 Å². The van der Waals surface area contributed by atoms with E-state index in [0.717, 1.165) is 17.6 Å². The maximum absolute atomic E-state index is 10.9. The predicted octanol–water partition coefficient (Wildman–Crippen LogP) is 2.05. The quantitative estimate of drug-likeness (QED) is 0.855. The molecule has 1 aromatic carbocycles. The SMILES string of the molecule is NC(=O)c1ccc(C2=CCC(C(=O)O)CC2)cc1. The van der Waals surface area contributed by atoms with Crippen LogP contribution in [-0.2, 0) is 4.79 Å². The number of aliphatic carboxylic acids is 1. The molecule has 0 bridgehead atoms. The molecular formula is C14H15NO3. The van der Waals surface area contributed by atoms with Gasteiger partial charge in [-0.15, -0.1) is 0 Å². The molecule has 1 unspecified atom stereocenters. The lowest BCUT2D eigenvalue weighted by atomic mass is 9.86. The highest BCUT2D eigenvalue weighted by atomic mass is 16.4. The van der Waals surface area contributed by atoms with Crippen molar-refractivity contribution >= 4 is 17.4 Å². The van der Waals surface area contributed by atoms with E-state index in [1.165, 1.54) is 0 Å². The van der Waals surface area contributed by atoms with Gasteiger partial charge in [0.1, 0.15) is 0 Å². The summed E-state index contributed by atoms with van der Waals surface area (Å²) in [6, 6.07) is 7.10. The fourth-order valence-corrected chi connectivity index (χ4v) is 2.17. The van der Waals surface area contributed by atoms with Gasteiger partial charge in [-0.1, -0.05) is 18.2 Å². The topological polar surface area (TPSA) is 80.4 Å². The fraction of sp³-hybridized carbons (Fsp3) is 0.286. The largest absolute Gasteiger partial charge is 0.481 e. The first-order chi connectivity index (χ1) is 8.58. The van der Waals surface area contributed by atoms with Gasteiger partial charge in [-0.2, -0.15) is 0 Å². The lowest BCUT2D eigenvalue weighted by Gasteiger charge is -2.18. The average Bonchev–Trinajstić information content (AvgIpc) is 2.39. The number of carbonyl (C=O) groups excluding carboxylic acids is 1. The normalized spacial score (nSPS) is 19.1. The summed E-state index contributed by atoms with van der Waals surface area (Å²) in [6.45, 7) is 0. The monoisotopic (exact) mass is 245 g/mol. The summed E-state index contributed by atoms with van der Waals surface area (Å²) in [5.41, 5.74) is 7.83. The summed E-state index contributed by atoms with van der Waals surface area (Å²) >= 11 is 0. The van der Waals surface area contributed by atoms with Crippen molar-refractivity contribution < 1.29 is 14.7 Å². The van der Waals surface area contributed by atoms with E-state index in [-0.39, 0.29) is 5.92 Å². The van der Waals surface area contributed by atoms with Gasteiger partial charge in [0.15, 0.2) is 0 Å². The molecule has 0 fully saturated rings. The molecule has 1 aromatic rings. The third-order valence-corrected chi connectivity index (χ3v) is 3.30. The number of nitrogens with two attached hydrogens (primary N) is 1. The molecule has 18 heavy (non-hydrogen) atoms. The Morgan fingerprint density at radius 3 is 2.33 bits per heavy atom. The van der Waals surface area contributed by atoms with Gasteiger partial charge in [0.25, 0.3) is 0 Å². The molecule has 0 saturated carbocycles. The molecule has 0 heterocycles. The molecule has 1 atom stereocenters. The average molecular weight is 245 g/mol. The van der Waals surface area contributed by atoms with E-state index in [9.17, 15) is 9.59 Å². The summed E-state index contributed by atoms with van der Waals surface area (Å²) < 4.78 is 0. The van der Waals surface area contributed by atoms with Crippen molar-refractivity contribution in [1.29, 1.82) is 0 Å². The van der Waals surface area contributed by atoms with Crippen LogP contribution < -0.4 is 5.73 Å². The first kappa shape index (κ1) is 12.4. The molecule has 1 amide bonds. The number of benzene rings is 1. The minimum atomic E-state index is -0.727. The summed E-state index contributed by atoms with van der Waals surface area (Å²) in [4.78, 5) is 21.8. The smallest absolute Gasteiger partial charge is 0.306 e. The number of primary amides is 1. The number of carbonyl (C=O) groups is 2. The highest BCUT2D eigenvalue weighted by Gasteiger charge is 2.21. The highest BCUT2D eigenvalue weighted by Crippen LogP contribution is 2.30. The molecule has 3 N–H and O–H groups in total. The Labute approximate surface area is 105 Å². The molecule has 1 aliphatic carbocycles. The minimum Gasteiger partial charge on any atom is -0.481 e. The summed E-state index contributed by atoms with van der Waals surface area (Å²) in [5.74, 6) is -1.43. The van der Waals surface area contributed by atoms with E-state index in [0.29, 0.717) is 18.4 Å². The van der Waals surface area contributed by atoms with Gasteiger partial charge < -0.3 is 10.8 Å². The Hall–Kier alpha value is -2.10. The van der Waals surface area contributed by atoms with Crippen molar-refractivity contribution in [2.75, 3.05) is 0 Å². The number of hydrogen-bond donors (Lipinski definition) is 2. The first-order valence-corrected chi connectivity index (χ1v) is 5.90. The summed E-state index contributed by atoms with van der Waals surface area (Å²) in [6.07, 6.45) is 3.97. The van der Waals surface area contributed by atoms with E-state index in [2.05, 4.69) is 0 Å². The van der Waals surface area contributed by atoms with Crippen molar-refractivity contribution in [3.63, 3.8) is 0 Å². The number of hydrogen-bond acceptors (Lipinski definition) is 2. The van der Waals surface area contributed by atoms with Crippen molar-refractivity contribution in [3.8, 4) is 0 Å². The van der Waals surface area contributed by atoms with Crippen LogP contribution in [0.15, 0.2) is 30.3 Å². The zero-order valence-electron chi connectivity index (χ0n) is 9.93. The third-order valence-electron chi connectivity index (χ3n) is 3.30. The lowest BCUT2D eigenvalue weighted by molar-refractivity contribution is -0.141. The molecule has 0 aliphatic heterocycles. The van der Waals surface area contributed by atoms with Crippen LogP contribution in [0.3, 0.4) is 0 Å². The predicted molar refractivity (Wildman–Crippen MR) is 67.9 cm³/mol. The van der Waals surface area contributed by atoms with Crippen LogP contribution in [0, 0.1) is 5.92 Å². The van der Waals surface area contributed by atoms with E-state index in [4.69, 9.17) is 10.8 Å². The van der Waals surface area contributed by atoms with Gasteiger partial charge in [0.05, 0.1) is 5.92 Å². The summed E-state index contributed by atoms with van der Waals surface area (Å²) in [7, 11) is 0. The molecule has 94 valence electrons. The van der Waals surface area contributed by atoms with Gasteiger partial charge in [0.2, 0.25) is 5.91 Å². The van der Waals surface area contributed by atoms with Crippen molar-refractivity contribution in [3.05, 3.63) is 41.5 Å². The van der Waals surface area contributed by atoms with Gasteiger partial charge in [-0.3, -0.25) is 9.59 Å². The second-order valence-electron chi connectivity index (χ2n) is 4.48. The lowest BCUT2D eigenvalue weighted by Crippen LogP contribution is -2.15. The Kier molecular flexibility index (Phi) is 3.46. The first-order valence-electron chi connectivity index (χ1n) is 5.90. The Morgan fingerprint density at radius 1 is 1.22 bits per heavy atom. The molecule has 0 aromatic heterocycles. The zero-order chi connectivity index (χ0) is 13.1. The highest BCUT2D eigenvalue weighted by molar-refractivity contribution is 5.93. The number of amides is 1. The van der Waals surface area contributed by atoms with E-state index in [1.54, 1.807) is 12.1 Å². The maximum atomic E-state index is 10.9. The van der Waals surface area contributed by atoms with Gasteiger partial charge >= 0.3 is 5.97 Å². The van der Waals surface area contributed by atoms with Crippen LogP contribution in [-0.4, -0.2) is 17.0 Å². The van der Waals surface area contributed by atoms with Crippen LogP contribution in [0.5, 0.6) is 0 Å². The van der Waals surface area contributed by atoms with Crippen molar-refractivity contribution in [2.45, 2.75) is 19.3 Å². The van der Waals surface area contributed by atoms with E-state index < -0.39 is 11.9 Å². The van der Waals surface area contributed by atoms with Crippen molar-refractivity contribution in [1.82, 2.24) is 0 Å². The van der Waals surface area contributed by atoms with Crippen molar-refractivity contribution in [2.24, 2.45) is 11.7 Å². The van der Waals surface area contributed by atoms with Gasteiger partial charge in [-0.25, -0.2) is 0 Å². The van der Waals surface area contributed by atoms with Gasteiger partial charge in [0, 0.05) is 5.56 Å². The second-order valence-corrected chi connectivity index (χ2v) is 4.48. The summed E-state index contributed by atoms with van der Waals surface area (Å²) in [5, 5.41) is 8.91. The second kappa shape index (κ2) is 5.04. The molecule has 0 saturated heterocycles. The van der Waals surface area contributed by atoms with Gasteiger partial charge in [-0.05, 0) is 42.5 Å². The molecule has 0 radical (unpaired) electrons. The number of carboxylic acids is 1. The van der Waals surface area contributed by atoms with E-state index in [1.807, 2.05) is 18.2 Å². The fourth-order valence-electron chi connectivity index (χ4n) is 2.17. The molecule has 1 aliphatic rings. The number of allylic oxidation sites excluding steroid dienone is 2. The van der Waals surface area contributed by atoms with Crippen LogP contribution >= 0.6 is 0 Å². The Morgan fingerprint density at radius 2 is 1.89 bits per heavy atom. The zero-order valence-corrected chi connectivity index (χ0v) is 9.93.